The zero-order chi connectivity index (χ0) is 37.9. The first-order valence-corrected chi connectivity index (χ1v) is 20.5. The lowest BCUT2D eigenvalue weighted by Crippen LogP contribution is -2.48. The molecule has 4 aromatic carbocycles. The van der Waals surface area contributed by atoms with Crippen molar-refractivity contribution in [2.45, 2.75) is 55.8 Å². The molecule has 0 saturated carbocycles. The normalized spacial score (nSPS) is 24.3. The lowest BCUT2D eigenvalue weighted by Gasteiger charge is -2.35. The molecule has 0 radical (unpaired) electrons. The zero-order valence-electron chi connectivity index (χ0n) is 30.5. The summed E-state index contributed by atoms with van der Waals surface area (Å²) in [6, 6.07) is 32.6. The predicted octanol–water partition coefficient (Wildman–Crippen LogP) is 5.70. The Balaban J connectivity index is 1.27. The van der Waals surface area contributed by atoms with Crippen LogP contribution in [0.3, 0.4) is 0 Å². The van der Waals surface area contributed by atoms with E-state index in [1.807, 2.05) is 103 Å². The standard InChI is InChI=1S/C40H46O12S2/c1-44-32-15-9-28(10-16-32)21-47-25-38-39(49-23-30-13-19-34(46-3)20-14-30)37(48-22-29-11-17-33(45-2)18-12-29)27-53(38)26-36-35(52-54(41,42)43)24-50-40(51-36)31-7-5-4-6-8-31/h4-20,35-40H,21-27H2,1-3H3/p+1/t35-,36+,37+,38+,39-,40?,53?/m0/s1. The molecule has 2 heterocycles. The molecule has 2 unspecified atom stereocenters. The summed E-state index contributed by atoms with van der Waals surface area (Å²) in [4.78, 5) is 0. The fourth-order valence-electron chi connectivity index (χ4n) is 6.42. The fraction of sp³-hybridized carbons (Fsp3) is 0.400. The van der Waals surface area contributed by atoms with E-state index in [0.29, 0.717) is 37.9 Å². The van der Waals surface area contributed by atoms with Gasteiger partial charge >= 0.3 is 10.4 Å². The van der Waals surface area contributed by atoms with E-state index in [1.54, 1.807) is 21.3 Å². The molecular formula is C40H47O12S2+. The molecule has 0 aromatic heterocycles. The van der Waals surface area contributed by atoms with Crippen molar-refractivity contribution in [2.24, 2.45) is 0 Å². The molecule has 0 amide bonds. The molecule has 1 N–H and O–H groups in total. The van der Waals surface area contributed by atoms with Crippen molar-refractivity contribution in [3.63, 3.8) is 0 Å². The van der Waals surface area contributed by atoms with Crippen LogP contribution in [0.15, 0.2) is 103 Å². The van der Waals surface area contributed by atoms with Gasteiger partial charge in [0.1, 0.15) is 53.2 Å². The van der Waals surface area contributed by atoms with E-state index in [2.05, 4.69) is 0 Å². The fourth-order valence-corrected chi connectivity index (χ4v) is 9.88. The largest absolute Gasteiger partial charge is 0.497 e. The number of hydrogen-bond donors (Lipinski definition) is 1. The topological polar surface area (TPSA) is 137 Å². The summed E-state index contributed by atoms with van der Waals surface area (Å²) in [6.07, 6.45) is -3.31. The Bertz CT molecular complexity index is 1830. The lowest BCUT2D eigenvalue weighted by molar-refractivity contribution is -0.245. The van der Waals surface area contributed by atoms with Gasteiger partial charge in [-0.05, 0) is 53.1 Å². The van der Waals surface area contributed by atoms with Crippen molar-refractivity contribution in [2.75, 3.05) is 46.0 Å². The summed E-state index contributed by atoms with van der Waals surface area (Å²) in [7, 11) is -0.427. The third kappa shape index (κ3) is 11.2. The Kier molecular flexibility index (Phi) is 14.2. The third-order valence-electron chi connectivity index (χ3n) is 9.29. The first kappa shape index (κ1) is 40.0. The average molecular weight is 784 g/mol. The molecule has 2 aliphatic heterocycles. The van der Waals surface area contributed by atoms with Crippen LogP contribution in [0.5, 0.6) is 17.2 Å². The van der Waals surface area contributed by atoms with Crippen molar-refractivity contribution in [3.05, 3.63) is 125 Å². The van der Waals surface area contributed by atoms with Gasteiger partial charge in [-0.2, -0.15) is 8.42 Å². The van der Waals surface area contributed by atoms with E-state index >= 15 is 0 Å². The molecular weight excluding hydrogens is 737 g/mol. The maximum Gasteiger partial charge on any atom is 0.397 e. The van der Waals surface area contributed by atoms with Gasteiger partial charge in [-0.15, -0.1) is 0 Å². The van der Waals surface area contributed by atoms with Crippen LogP contribution >= 0.6 is 0 Å². The van der Waals surface area contributed by atoms with E-state index in [9.17, 15) is 13.0 Å². The maximum absolute atomic E-state index is 12.0. The molecule has 0 bridgehead atoms. The molecule has 290 valence electrons. The summed E-state index contributed by atoms with van der Waals surface area (Å²) >= 11 is 0. The molecule has 0 aliphatic carbocycles. The summed E-state index contributed by atoms with van der Waals surface area (Å²) in [5.41, 5.74) is 3.71. The van der Waals surface area contributed by atoms with Crippen LogP contribution in [0.2, 0.25) is 0 Å². The summed E-state index contributed by atoms with van der Waals surface area (Å²) in [6.45, 7) is 1.25. The van der Waals surface area contributed by atoms with Gasteiger partial charge < -0.3 is 37.9 Å². The van der Waals surface area contributed by atoms with Crippen molar-refractivity contribution >= 4 is 21.3 Å². The maximum atomic E-state index is 12.0. The predicted molar refractivity (Wildman–Crippen MR) is 203 cm³/mol. The molecule has 2 saturated heterocycles. The first-order valence-electron chi connectivity index (χ1n) is 17.5. The second kappa shape index (κ2) is 19.2. The molecule has 14 heteroatoms. The van der Waals surface area contributed by atoms with E-state index in [0.717, 1.165) is 39.5 Å². The van der Waals surface area contributed by atoms with Gasteiger partial charge in [0.25, 0.3) is 0 Å². The van der Waals surface area contributed by atoms with Gasteiger partial charge in [0.05, 0.1) is 54.4 Å². The van der Waals surface area contributed by atoms with Crippen LogP contribution in [0.4, 0.5) is 0 Å². The number of hydrogen-bond acceptors (Lipinski definition) is 11. The van der Waals surface area contributed by atoms with E-state index < -0.39 is 45.9 Å². The van der Waals surface area contributed by atoms with E-state index in [1.165, 1.54) is 0 Å². The van der Waals surface area contributed by atoms with Crippen molar-refractivity contribution < 1.29 is 55.0 Å². The zero-order valence-corrected chi connectivity index (χ0v) is 32.1. The van der Waals surface area contributed by atoms with Crippen LogP contribution in [-0.2, 0) is 69.0 Å². The number of rotatable bonds is 18. The van der Waals surface area contributed by atoms with Gasteiger partial charge in [0.2, 0.25) is 0 Å². The van der Waals surface area contributed by atoms with Gasteiger partial charge in [0, 0.05) is 16.5 Å². The van der Waals surface area contributed by atoms with Crippen LogP contribution in [-0.4, -0.2) is 88.7 Å². The highest BCUT2D eigenvalue weighted by Crippen LogP contribution is 2.35. The number of ether oxygens (including phenoxy) is 8. The molecule has 6 rings (SSSR count). The SMILES string of the molecule is COc1ccc(COC[C@@H]2[C@@H](OCc3ccc(OC)cc3)[C@H](OCc3ccc(OC)cc3)C[S+]2C[C@H]2OC(c3ccccc3)OC[C@@H]2OS(=O)(=O)O)cc1. The smallest absolute Gasteiger partial charge is 0.397 e. The van der Waals surface area contributed by atoms with Gasteiger partial charge in [-0.3, -0.25) is 4.55 Å². The van der Waals surface area contributed by atoms with E-state index in [4.69, 9.17) is 42.1 Å². The summed E-state index contributed by atoms with van der Waals surface area (Å²) in [5.74, 6) is 3.23. The first-order chi connectivity index (χ1) is 26.2. The van der Waals surface area contributed by atoms with Gasteiger partial charge in [-0.25, -0.2) is 4.18 Å². The highest BCUT2D eigenvalue weighted by Gasteiger charge is 2.55. The Hall–Kier alpha value is -3.70. The molecule has 2 fully saturated rings. The minimum absolute atomic E-state index is 0.103. The van der Waals surface area contributed by atoms with Gasteiger partial charge in [0.15, 0.2) is 11.5 Å². The lowest BCUT2D eigenvalue weighted by atomic mass is 10.1. The molecule has 7 atom stereocenters. The Morgan fingerprint density at radius 3 is 1.78 bits per heavy atom. The summed E-state index contributed by atoms with van der Waals surface area (Å²) < 4.78 is 87.0. The minimum Gasteiger partial charge on any atom is -0.497 e. The van der Waals surface area contributed by atoms with Crippen LogP contribution < -0.4 is 14.2 Å². The van der Waals surface area contributed by atoms with Crippen LogP contribution in [0, 0.1) is 0 Å². The quantitative estimate of drug-likeness (QED) is 0.0979. The molecule has 2 aliphatic rings. The highest BCUT2D eigenvalue weighted by atomic mass is 32.3. The second-order valence-corrected chi connectivity index (χ2v) is 16.3. The Morgan fingerprint density at radius 2 is 1.24 bits per heavy atom. The van der Waals surface area contributed by atoms with Crippen LogP contribution in [0.1, 0.15) is 28.5 Å². The Morgan fingerprint density at radius 1 is 0.704 bits per heavy atom. The second-order valence-electron chi connectivity index (χ2n) is 12.9. The third-order valence-corrected chi connectivity index (χ3v) is 12.6. The average Bonchev–Trinajstić information content (AvgIpc) is 3.52. The number of benzene rings is 4. The molecule has 4 aromatic rings. The Labute approximate surface area is 319 Å². The number of methoxy groups -OCH3 is 3. The van der Waals surface area contributed by atoms with Crippen LogP contribution in [0.25, 0.3) is 0 Å². The molecule has 0 spiro atoms. The van der Waals surface area contributed by atoms with Crippen molar-refractivity contribution in [3.8, 4) is 17.2 Å². The minimum atomic E-state index is -4.80. The van der Waals surface area contributed by atoms with Crippen molar-refractivity contribution in [1.82, 2.24) is 0 Å². The van der Waals surface area contributed by atoms with Crippen molar-refractivity contribution in [1.29, 1.82) is 0 Å². The monoisotopic (exact) mass is 783 g/mol. The van der Waals surface area contributed by atoms with E-state index in [-0.39, 0.29) is 18.0 Å². The van der Waals surface area contributed by atoms with Gasteiger partial charge in [-0.1, -0.05) is 66.7 Å². The highest BCUT2D eigenvalue weighted by molar-refractivity contribution is 7.97. The molecule has 12 nitrogen and oxygen atoms in total. The molecule has 54 heavy (non-hydrogen) atoms. The summed E-state index contributed by atoms with van der Waals surface area (Å²) in [5, 5.41) is -0.171.